The maximum Gasteiger partial charge on any atom is 0.330 e. The number of hydrogen-bond donors (Lipinski definition) is 2. The smallest absolute Gasteiger partial charge is 0.330 e. The molecule has 0 bridgehead atoms. The summed E-state index contributed by atoms with van der Waals surface area (Å²) in [7, 11) is 1.50. The molecule has 8 nitrogen and oxygen atoms in total. The van der Waals surface area contributed by atoms with E-state index in [1.165, 1.54) is 28.3 Å². The van der Waals surface area contributed by atoms with Crippen molar-refractivity contribution in [3.8, 4) is 0 Å². The molecule has 10 heteroatoms. The fourth-order valence-electron chi connectivity index (χ4n) is 2.89. The first-order valence-corrected chi connectivity index (χ1v) is 10.8. The normalized spacial score (nSPS) is 12.2. The zero-order valence-electron chi connectivity index (χ0n) is 17.5. The number of nitrogens with one attached hydrogen (secondary N) is 1. The highest BCUT2D eigenvalue weighted by atomic mass is 35.5. The van der Waals surface area contributed by atoms with Gasteiger partial charge in [-0.1, -0.05) is 25.4 Å². The summed E-state index contributed by atoms with van der Waals surface area (Å²) in [6, 6.07) is 7.13. The lowest BCUT2D eigenvalue weighted by Crippen LogP contribution is -2.45. The van der Waals surface area contributed by atoms with Crippen molar-refractivity contribution in [1.29, 1.82) is 0 Å². The number of halogens is 1. The summed E-state index contributed by atoms with van der Waals surface area (Å²) in [6.07, 6.45) is 0. The van der Waals surface area contributed by atoms with Crippen molar-refractivity contribution in [2.24, 2.45) is 5.92 Å². The quantitative estimate of drug-likeness (QED) is 0.563. The third-order valence-electron chi connectivity index (χ3n) is 4.29. The van der Waals surface area contributed by atoms with Gasteiger partial charge in [0.2, 0.25) is 5.91 Å². The summed E-state index contributed by atoms with van der Waals surface area (Å²) in [5.74, 6) is -0.240. The number of methoxy groups -OCH3 is 1. The molecule has 1 aromatic carbocycles. The van der Waals surface area contributed by atoms with Crippen LogP contribution in [0.15, 0.2) is 38.8 Å². The molecule has 0 fully saturated rings. The Morgan fingerprint density at radius 3 is 2.47 bits per heavy atom. The summed E-state index contributed by atoms with van der Waals surface area (Å²) in [5.41, 5.74) is 4.86. The van der Waals surface area contributed by atoms with Gasteiger partial charge in [-0.15, -0.1) is 11.8 Å². The zero-order valence-corrected chi connectivity index (χ0v) is 19.0. The van der Waals surface area contributed by atoms with Crippen LogP contribution >= 0.6 is 23.4 Å². The minimum absolute atomic E-state index is 0.0365. The number of nitrogens with zero attached hydrogens (tertiary/aromatic N) is 2. The molecule has 1 aromatic heterocycles. The number of rotatable bonds is 9. The molecule has 0 saturated carbocycles. The van der Waals surface area contributed by atoms with E-state index in [2.05, 4.69) is 4.98 Å². The minimum Gasteiger partial charge on any atom is -0.383 e. The zero-order chi connectivity index (χ0) is 22.4. The molecule has 0 aliphatic heterocycles. The van der Waals surface area contributed by atoms with Crippen LogP contribution in [0.5, 0.6) is 0 Å². The maximum absolute atomic E-state index is 13.3. The fraction of sp³-hybridized carbons (Fsp3) is 0.450. The number of nitrogen functional groups attached to an aromatic ring is 1. The number of ether oxygens (including phenoxy) is 1. The van der Waals surface area contributed by atoms with Gasteiger partial charge in [0.15, 0.2) is 5.69 Å². The first-order valence-electron chi connectivity index (χ1n) is 9.50. The Kier molecular flexibility index (Phi) is 8.57. The first kappa shape index (κ1) is 24.0. The number of anilines is 2. The number of benzene rings is 1. The Hall–Kier alpha value is -2.23. The molecule has 0 aliphatic carbocycles. The number of nitrogens with two attached hydrogens (primary N) is 1. The molecule has 1 amide bonds. The van der Waals surface area contributed by atoms with Crippen LogP contribution < -0.4 is 21.9 Å². The lowest BCUT2D eigenvalue weighted by molar-refractivity contribution is -0.118. The van der Waals surface area contributed by atoms with Gasteiger partial charge in [-0.25, -0.2) is 4.79 Å². The molecule has 0 aliphatic rings. The van der Waals surface area contributed by atoms with E-state index in [0.29, 0.717) is 11.6 Å². The van der Waals surface area contributed by atoms with Crippen molar-refractivity contribution in [2.45, 2.75) is 37.5 Å². The number of amides is 1. The Balaban J connectivity index is 2.43. The van der Waals surface area contributed by atoms with Crippen LogP contribution in [-0.4, -0.2) is 41.0 Å². The number of H-pyrrole nitrogens is 1. The lowest BCUT2D eigenvalue weighted by atomic mass is 10.2. The highest BCUT2D eigenvalue weighted by molar-refractivity contribution is 8.00. The van der Waals surface area contributed by atoms with Gasteiger partial charge in [-0.3, -0.25) is 19.1 Å². The van der Waals surface area contributed by atoms with Crippen molar-refractivity contribution >= 4 is 40.8 Å². The van der Waals surface area contributed by atoms with Crippen molar-refractivity contribution in [2.75, 3.05) is 30.9 Å². The van der Waals surface area contributed by atoms with Gasteiger partial charge in [0.1, 0.15) is 5.82 Å². The Labute approximate surface area is 184 Å². The highest BCUT2D eigenvalue weighted by Gasteiger charge is 2.28. The van der Waals surface area contributed by atoms with Gasteiger partial charge >= 0.3 is 5.69 Å². The van der Waals surface area contributed by atoms with Crippen LogP contribution in [0.3, 0.4) is 0 Å². The standard InChI is InChI=1S/C20H27ClN4O4S/c1-12(2)11-25-17(22)16(18(26)23-20(25)28)24(9-10-29-4)19(27)13(3)30-15-7-5-14(21)6-8-15/h5-8,12-13H,9-11,22H2,1-4H3,(H,23,26,28). The summed E-state index contributed by atoms with van der Waals surface area (Å²) in [4.78, 5) is 42.6. The summed E-state index contributed by atoms with van der Waals surface area (Å²) < 4.78 is 6.40. The number of carbonyl (C=O) groups is 1. The third-order valence-corrected chi connectivity index (χ3v) is 5.64. The van der Waals surface area contributed by atoms with Crippen molar-refractivity contribution < 1.29 is 9.53 Å². The number of thioether (sulfide) groups is 1. The summed E-state index contributed by atoms with van der Waals surface area (Å²) in [5, 5.41) is 0.0825. The van der Waals surface area contributed by atoms with E-state index in [4.69, 9.17) is 22.1 Å². The molecule has 0 radical (unpaired) electrons. The second-order valence-corrected chi connectivity index (χ2v) is 9.04. The number of aromatic nitrogens is 2. The van der Waals surface area contributed by atoms with Crippen molar-refractivity contribution in [3.63, 3.8) is 0 Å². The van der Waals surface area contributed by atoms with Crippen molar-refractivity contribution in [1.82, 2.24) is 9.55 Å². The van der Waals surface area contributed by atoms with Crippen LogP contribution in [0.2, 0.25) is 5.02 Å². The molecular weight excluding hydrogens is 428 g/mol. The summed E-state index contributed by atoms with van der Waals surface area (Å²) >= 11 is 7.25. The van der Waals surface area contributed by atoms with E-state index in [0.717, 1.165) is 4.90 Å². The minimum atomic E-state index is -0.703. The molecule has 1 unspecified atom stereocenters. The van der Waals surface area contributed by atoms with E-state index in [-0.39, 0.29) is 36.5 Å². The van der Waals surface area contributed by atoms with E-state index >= 15 is 0 Å². The van der Waals surface area contributed by atoms with Gasteiger partial charge in [0, 0.05) is 30.1 Å². The third kappa shape index (κ3) is 5.90. The van der Waals surface area contributed by atoms with Crippen molar-refractivity contribution in [3.05, 3.63) is 50.1 Å². The average molecular weight is 455 g/mol. The predicted molar refractivity (Wildman–Crippen MR) is 122 cm³/mol. The van der Waals surface area contributed by atoms with Gasteiger partial charge in [0.25, 0.3) is 5.56 Å². The monoisotopic (exact) mass is 454 g/mol. The second-order valence-electron chi connectivity index (χ2n) is 7.19. The SMILES string of the molecule is COCCN(C(=O)C(C)Sc1ccc(Cl)cc1)c1c(N)n(CC(C)C)c(=O)[nH]c1=O. The Morgan fingerprint density at radius 2 is 1.90 bits per heavy atom. The number of hydrogen-bond acceptors (Lipinski definition) is 6. The molecule has 164 valence electrons. The first-order chi connectivity index (χ1) is 14.1. The van der Waals surface area contributed by atoms with Crippen LogP contribution in [-0.2, 0) is 16.1 Å². The fourth-order valence-corrected chi connectivity index (χ4v) is 3.94. The van der Waals surface area contributed by atoms with E-state index < -0.39 is 16.5 Å². The molecular formula is C20H27ClN4O4S. The van der Waals surface area contributed by atoms with E-state index in [9.17, 15) is 14.4 Å². The number of carbonyl (C=O) groups excluding carboxylic acids is 1. The van der Waals surface area contributed by atoms with Gasteiger partial charge in [-0.05, 0) is 37.1 Å². The molecule has 0 saturated heterocycles. The molecule has 2 aromatic rings. The van der Waals surface area contributed by atoms with E-state index in [1.54, 1.807) is 19.1 Å². The molecule has 2 rings (SSSR count). The second kappa shape index (κ2) is 10.7. The van der Waals surface area contributed by atoms with E-state index in [1.807, 2.05) is 26.0 Å². The molecule has 1 heterocycles. The predicted octanol–water partition coefficient (Wildman–Crippen LogP) is 2.59. The van der Waals surface area contributed by atoms with Crippen LogP contribution in [0.25, 0.3) is 0 Å². The van der Waals surface area contributed by atoms with Crippen LogP contribution in [0, 0.1) is 5.92 Å². The molecule has 0 spiro atoms. The van der Waals surface area contributed by atoms with Crippen LogP contribution in [0.1, 0.15) is 20.8 Å². The van der Waals surface area contributed by atoms with Gasteiger partial charge in [-0.2, -0.15) is 0 Å². The van der Waals surface area contributed by atoms with Crippen LogP contribution in [0.4, 0.5) is 11.5 Å². The highest BCUT2D eigenvalue weighted by Crippen LogP contribution is 2.28. The molecule has 3 N–H and O–H groups in total. The Morgan fingerprint density at radius 1 is 1.27 bits per heavy atom. The largest absolute Gasteiger partial charge is 0.383 e. The molecule has 1 atom stereocenters. The van der Waals surface area contributed by atoms with Gasteiger partial charge < -0.3 is 15.4 Å². The maximum atomic E-state index is 13.3. The molecule has 30 heavy (non-hydrogen) atoms. The topological polar surface area (TPSA) is 110 Å². The van der Waals surface area contributed by atoms with Gasteiger partial charge in [0.05, 0.1) is 11.9 Å². The lowest BCUT2D eigenvalue weighted by Gasteiger charge is -2.27. The summed E-state index contributed by atoms with van der Waals surface area (Å²) in [6.45, 7) is 6.23. The Bertz CT molecular complexity index is 988. The number of aromatic amines is 1. The average Bonchev–Trinajstić information content (AvgIpc) is 2.68.